The van der Waals surface area contributed by atoms with Crippen LogP contribution in [0.25, 0.3) is 0 Å². The molecule has 120 valence electrons. The maximum Gasteiger partial charge on any atom is 0.255 e. The molecule has 7 nitrogen and oxygen atoms in total. The van der Waals surface area contributed by atoms with E-state index in [9.17, 15) is 9.59 Å². The number of pyridine rings is 1. The smallest absolute Gasteiger partial charge is 0.255 e. The van der Waals surface area contributed by atoms with Gasteiger partial charge in [0, 0.05) is 24.9 Å². The highest BCUT2D eigenvalue weighted by molar-refractivity contribution is 5.93. The van der Waals surface area contributed by atoms with Crippen LogP contribution in [-0.2, 0) is 0 Å². The van der Waals surface area contributed by atoms with E-state index in [0.29, 0.717) is 24.5 Å². The van der Waals surface area contributed by atoms with Gasteiger partial charge in [0.1, 0.15) is 6.10 Å². The summed E-state index contributed by atoms with van der Waals surface area (Å²) in [5.41, 5.74) is 1.08. The van der Waals surface area contributed by atoms with E-state index >= 15 is 0 Å². The number of aromatic amines is 1. The lowest BCUT2D eigenvalue weighted by atomic mass is 10.1. The first-order valence-corrected chi connectivity index (χ1v) is 7.57. The minimum absolute atomic E-state index is 0.104. The molecule has 0 saturated carbocycles. The van der Waals surface area contributed by atoms with E-state index in [2.05, 4.69) is 15.2 Å². The molecule has 1 saturated heterocycles. The first-order chi connectivity index (χ1) is 11.1. The molecule has 3 heterocycles. The molecule has 0 spiro atoms. The number of likely N-dealkylation sites (tertiary alicyclic amines) is 1. The Morgan fingerprint density at radius 1 is 1.30 bits per heavy atom. The molecule has 0 radical (unpaired) electrons. The van der Waals surface area contributed by atoms with E-state index in [4.69, 9.17) is 4.74 Å². The van der Waals surface area contributed by atoms with Crippen LogP contribution in [0, 0.1) is 6.92 Å². The number of aryl methyl sites for hydroxylation is 1. The Morgan fingerprint density at radius 2 is 2.17 bits per heavy atom. The van der Waals surface area contributed by atoms with Crippen LogP contribution in [0.2, 0.25) is 0 Å². The molecular formula is C16H18N4O3. The van der Waals surface area contributed by atoms with Gasteiger partial charge in [-0.2, -0.15) is 5.10 Å². The van der Waals surface area contributed by atoms with Crippen LogP contribution < -0.4 is 10.3 Å². The van der Waals surface area contributed by atoms with Crippen molar-refractivity contribution in [2.75, 3.05) is 13.1 Å². The van der Waals surface area contributed by atoms with Crippen LogP contribution in [0.3, 0.4) is 0 Å². The zero-order chi connectivity index (χ0) is 16.2. The number of hydrogen-bond donors (Lipinski definition) is 1. The predicted molar refractivity (Wildman–Crippen MR) is 83.4 cm³/mol. The van der Waals surface area contributed by atoms with Gasteiger partial charge in [-0.1, -0.05) is 0 Å². The van der Waals surface area contributed by atoms with Gasteiger partial charge in [-0.3, -0.25) is 9.59 Å². The fourth-order valence-corrected chi connectivity index (χ4v) is 2.57. The maximum atomic E-state index is 12.5. The average Bonchev–Trinajstić information content (AvgIpc) is 2.57. The Kier molecular flexibility index (Phi) is 4.36. The first-order valence-electron chi connectivity index (χ1n) is 7.57. The molecule has 7 heteroatoms. The number of piperidine rings is 1. The summed E-state index contributed by atoms with van der Waals surface area (Å²) < 4.78 is 5.82. The average molecular weight is 314 g/mol. The van der Waals surface area contributed by atoms with Gasteiger partial charge in [0.05, 0.1) is 17.8 Å². The van der Waals surface area contributed by atoms with E-state index in [1.165, 1.54) is 18.3 Å². The zero-order valence-corrected chi connectivity index (χ0v) is 12.9. The van der Waals surface area contributed by atoms with Crippen LogP contribution in [0.4, 0.5) is 0 Å². The van der Waals surface area contributed by atoms with Crippen LogP contribution in [-0.4, -0.2) is 45.2 Å². The third-order valence-corrected chi connectivity index (χ3v) is 3.76. The van der Waals surface area contributed by atoms with Gasteiger partial charge in [-0.25, -0.2) is 0 Å². The summed E-state index contributed by atoms with van der Waals surface area (Å²) in [4.78, 5) is 27.8. The molecule has 1 fully saturated rings. The van der Waals surface area contributed by atoms with Crippen molar-refractivity contribution in [1.29, 1.82) is 0 Å². The van der Waals surface area contributed by atoms with Crippen molar-refractivity contribution in [1.82, 2.24) is 20.1 Å². The number of H-pyrrole nitrogens is 1. The standard InChI is InChI=1S/C16H18N4O3/c1-11-4-7-15(19-18-11)23-13-3-2-8-20(10-13)16(22)12-5-6-14(21)17-9-12/h4-7,9,13H,2-3,8,10H2,1H3,(H,17,21)/t13-/m1/s1. The molecule has 2 aromatic rings. The van der Waals surface area contributed by atoms with E-state index in [1.54, 1.807) is 11.0 Å². The van der Waals surface area contributed by atoms with Crippen molar-refractivity contribution >= 4 is 5.91 Å². The molecule has 1 amide bonds. The largest absolute Gasteiger partial charge is 0.471 e. The number of nitrogens with one attached hydrogen (secondary N) is 1. The van der Waals surface area contributed by atoms with Crippen LogP contribution >= 0.6 is 0 Å². The summed E-state index contributed by atoms with van der Waals surface area (Å²) in [7, 11) is 0. The second kappa shape index (κ2) is 6.60. The lowest BCUT2D eigenvalue weighted by Gasteiger charge is -2.32. The maximum absolute atomic E-state index is 12.5. The third-order valence-electron chi connectivity index (χ3n) is 3.76. The number of carbonyl (C=O) groups excluding carboxylic acids is 1. The number of rotatable bonds is 3. The molecule has 2 aromatic heterocycles. The molecule has 1 aliphatic rings. The molecule has 23 heavy (non-hydrogen) atoms. The van der Waals surface area contributed by atoms with Crippen molar-refractivity contribution in [3.05, 3.63) is 52.1 Å². The number of ether oxygens (including phenoxy) is 1. The summed E-state index contributed by atoms with van der Waals surface area (Å²) in [5, 5.41) is 7.96. The van der Waals surface area contributed by atoms with Gasteiger partial charge in [-0.05, 0) is 31.9 Å². The number of amides is 1. The highest BCUT2D eigenvalue weighted by atomic mass is 16.5. The normalized spacial score (nSPS) is 17.8. The van der Waals surface area contributed by atoms with Crippen LogP contribution in [0.15, 0.2) is 35.3 Å². The Bertz CT molecular complexity index is 721. The third kappa shape index (κ3) is 3.74. The van der Waals surface area contributed by atoms with E-state index in [-0.39, 0.29) is 17.6 Å². The molecule has 1 atom stereocenters. The van der Waals surface area contributed by atoms with Crippen molar-refractivity contribution in [2.24, 2.45) is 0 Å². The highest BCUT2D eigenvalue weighted by Gasteiger charge is 2.26. The fraction of sp³-hybridized carbons (Fsp3) is 0.375. The Labute approximate surface area is 133 Å². The highest BCUT2D eigenvalue weighted by Crippen LogP contribution is 2.18. The summed E-state index contributed by atoms with van der Waals surface area (Å²) in [6, 6.07) is 6.52. The SMILES string of the molecule is Cc1ccc(O[C@@H]2CCCN(C(=O)c3ccc(=O)[nH]c3)C2)nn1. The van der Waals surface area contributed by atoms with E-state index in [0.717, 1.165) is 18.5 Å². The molecule has 3 rings (SSSR count). The Morgan fingerprint density at radius 3 is 2.87 bits per heavy atom. The van der Waals surface area contributed by atoms with Gasteiger partial charge in [-0.15, -0.1) is 5.10 Å². The number of nitrogens with zero attached hydrogens (tertiary/aromatic N) is 3. The van der Waals surface area contributed by atoms with Crippen LogP contribution in [0.5, 0.6) is 5.88 Å². The second-order valence-corrected chi connectivity index (χ2v) is 5.59. The molecule has 1 aliphatic heterocycles. The molecular weight excluding hydrogens is 296 g/mol. The van der Waals surface area contributed by atoms with Crippen molar-refractivity contribution in [3.63, 3.8) is 0 Å². The fourth-order valence-electron chi connectivity index (χ4n) is 2.57. The number of hydrogen-bond acceptors (Lipinski definition) is 5. The number of aromatic nitrogens is 3. The van der Waals surface area contributed by atoms with Crippen LogP contribution in [0.1, 0.15) is 28.9 Å². The number of carbonyl (C=O) groups is 1. The van der Waals surface area contributed by atoms with Crippen molar-refractivity contribution in [3.8, 4) is 5.88 Å². The Balaban J connectivity index is 1.65. The van der Waals surface area contributed by atoms with Gasteiger partial charge < -0.3 is 14.6 Å². The van der Waals surface area contributed by atoms with Gasteiger partial charge in [0.15, 0.2) is 0 Å². The topological polar surface area (TPSA) is 88.2 Å². The second-order valence-electron chi connectivity index (χ2n) is 5.59. The molecule has 0 bridgehead atoms. The molecule has 1 N–H and O–H groups in total. The zero-order valence-electron chi connectivity index (χ0n) is 12.9. The first kappa shape index (κ1) is 15.2. The lowest BCUT2D eigenvalue weighted by molar-refractivity contribution is 0.0525. The summed E-state index contributed by atoms with van der Waals surface area (Å²) in [5.74, 6) is 0.364. The monoisotopic (exact) mass is 314 g/mol. The quantitative estimate of drug-likeness (QED) is 0.918. The predicted octanol–water partition coefficient (Wildman–Crippen LogP) is 1.16. The Hall–Kier alpha value is -2.70. The summed E-state index contributed by atoms with van der Waals surface area (Å²) >= 11 is 0. The lowest BCUT2D eigenvalue weighted by Crippen LogP contribution is -2.44. The molecule has 0 aliphatic carbocycles. The molecule has 0 aromatic carbocycles. The summed E-state index contributed by atoms with van der Waals surface area (Å²) in [6.45, 7) is 3.03. The van der Waals surface area contributed by atoms with Gasteiger partial charge in [0.2, 0.25) is 11.4 Å². The minimum Gasteiger partial charge on any atom is -0.471 e. The van der Waals surface area contributed by atoms with Crippen molar-refractivity contribution in [2.45, 2.75) is 25.9 Å². The van der Waals surface area contributed by atoms with E-state index < -0.39 is 0 Å². The van der Waals surface area contributed by atoms with E-state index in [1.807, 2.05) is 13.0 Å². The minimum atomic E-state index is -0.223. The summed E-state index contributed by atoms with van der Waals surface area (Å²) in [6.07, 6.45) is 3.07. The van der Waals surface area contributed by atoms with Gasteiger partial charge >= 0.3 is 0 Å². The van der Waals surface area contributed by atoms with Crippen molar-refractivity contribution < 1.29 is 9.53 Å². The molecule has 0 unspecified atom stereocenters. The van der Waals surface area contributed by atoms with Gasteiger partial charge in [0.25, 0.3) is 5.91 Å².